The lowest BCUT2D eigenvalue weighted by Gasteiger charge is -2.23. The van der Waals surface area contributed by atoms with E-state index in [2.05, 4.69) is 4.74 Å². The molecular formula is C13H15FO4. The number of carbonyl (C=O) groups excluding carboxylic acids is 1. The highest BCUT2D eigenvalue weighted by molar-refractivity contribution is 5.69. The van der Waals surface area contributed by atoms with Crippen LogP contribution in [-0.2, 0) is 24.8 Å². The smallest absolute Gasteiger partial charge is 0.308 e. The minimum Gasteiger partial charge on any atom is -0.469 e. The zero-order valence-corrected chi connectivity index (χ0v) is 10.3. The molecule has 98 valence electrons. The van der Waals surface area contributed by atoms with Gasteiger partial charge in [0.15, 0.2) is 5.79 Å². The van der Waals surface area contributed by atoms with Gasteiger partial charge < -0.3 is 14.2 Å². The first kappa shape index (κ1) is 13.0. The van der Waals surface area contributed by atoms with Crippen molar-refractivity contribution in [3.63, 3.8) is 0 Å². The van der Waals surface area contributed by atoms with Crippen LogP contribution in [0.15, 0.2) is 24.3 Å². The lowest BCUT2D eigenvalue weighted by Crippen LogP contribution is -2.25. The number of hydrogen-bond acceptors (Lipinski definition) is 4. The highest BCUT2D eigenvalue weighted by Gasteiger charge is 2.39. The SMILES string of the molecule is COC(=O)CC1COC(C)(c2ccc(F)cc2)O1. The minimum atomic E-state index is -0.938. The van der Waals surface area contributed by atoms with E-state index in [4.69, 9.17) is 9.47 Å². The fraction of sp³-hybridized carbons (Fsp3) is 0.462. The Morgan fingerprint density at radius 3 is 2.78 bits per heavy atom. The number of rotatable bonds is 3. The van der Waals surface area contributed by atoms with E-state index in [0.717, 1.165) is 5.56 Å². The van der Waals surface area contributed by atoms with E-state index in [0.29, 0.717) is 6.61 Å². The molecule has 1 heterocycles. The molecule has 1 saturated heterocycles. The topological polar surface area (TPSA) is 44.8 Å². The fourth-order valence-corrected chi connectivity index (χ4v) is 1.91. The zero-order chi connectivity index (χ0) is 13.2. The first-order valence-corrected chi connectivity index (χ1v) is 5.68. The first-order chi connectivity index (χ1) is 8.53. The molecule has 0 aliphatic carbocycles. The summed E-state index contributed by atoms with van der Waals surface area (Å²) >= 11 is 0. The number of benzene rings is 1. The second-order valence-electron chi connectivity index (χ2n) is 4.28. The largest absolute Gasteiger partial charge is 0.469 e. The molecule has 1 aliphatic rings. The molecule has 1 aliphatic heterocycles. The van der Waals surface area contributed by atoms with Gasteiger partial charge in [0.1, 0.15) is 5.82 Å². The van der Waals surface area contributed by atoms with E-state index < -0.39 is 5.79 Å². The molecule has 5 heteroatoms. The van der Waals surface area contributed by atoms with Gasteiger partial charge >= 0.3 is 5.97 Å². The summed E-state index contributed by atoms with van der Waals surface area (Å²) in [6.07, 6.45) is -0.194. The monoisotopic (exact) mass is 254 g/mol. The van der Waals surface area contributed by atoms with Gasteiger partial charge in [0, 0.05) is 5.56 Å². The van der Waals surface area contributed by atoms with Crippen LogP contribution in [0.3, 0.4) is 0 Å². The summed E-state index contributed by atoms with van der Waals surface area (Å²) in [5.74, 6) is -1.59. The summed E-state index contributed by atoms with van der Waals surface area (Å²) in [4.78, 5) is 11.2. The molecule has 2 rings (SSSR count). The molecule has 2 atom stereocenters. The molecule has 1 aromatic carbocycles. The summed E-state index contributed by atoms with van der Waals surface area (Å²) < 4.78 is 28.7. The molecule has 0 spiro atoms. The van der Waals surface area contributed by atoms with Crippen molar-refractivity contribution in [1.82, 2.24) is 0 Å². The first-order valence-electron chi connectivity index (χ1n) is 5.68. The lowest BCUT2D eigenvalue weighted by molar-refractivity contribution is -0.166. The van der Waals surface area contributed by atoms with Crippen LogP contribution in [-0.4, -0.2) is 25.8 Å². The minimum absolute atomic E-state index is 0.146. The maximum Gasteiger partial charge on any atom is 0.308 e. The molecule has 0 N–H and O–H groups in total. The molecule has 18 heavy (non-hydrogen) atoms. The maximum atomic E-state index is 12.9. The van der Waals surface area contributed by atoms with Crippen LogP contribution in [0, 0.1) is 5.82 Å². The van der Waals surface area contributed by atoms with Gasteiger partial charge in [-0.05, 0) is 19.1 Å². The van der Waals surface area contributed by atoms with Crippen LogP contribution < -0.4 is 0 Å². The Bertz CT molecular complexity index is 431. The van der Waals surface area contributed by atoms with Crippen molar-refractivity contribution < 1.29 is 23.4 Å². The summed E-state index contributed by atoms with van der Waals surface area (Å²) in [6, 6.07) is 5.91. The highest BCUT2D eigenvalue weighted by Crippen LogP contribution is 2.34. The summed E-state index contributed by atoms with van der Waals surface area (Å²) in [7, 11) is 1.33. The quantitative estimate of drug-likeness (QED) is 0.774. The normalized spacial score (nSPS) is 27.2. The Morgan fingerprint density at radius 2 is 2.17 bits per heavy atom. The van der Waals surface area contributed by atoms with E-state index in [1.807, 2.05) is 0 Å². The predicted octanol–water partition coefficient (Wildman–Crippen LogP) is 1.98. The molecular weight excluding hydrogens is 239 g/mol. The van der Waals surface area contributed by atoms with E-state index in [9.17, 15) is 9.18 Å². The second kappa shape index (κ2) is 5.04. The van der Waals surface area contributed by atoms with Gasteiger partial charge in [-0.15, -0.1) is 0 Å². The van der Waals surface area contributed by atoms with Crippen molar-refractivity contribution in [3.8, 4) is 0 Å². The second-order valence-corrected chi connectivity index (χ2v) is 4.28. The van der Waals surface area contributed by atoms with Gasteiger partial charge in [0.05, 0.1) is 26.2 Å². The van der Waals surface area contributed by atoms with Crippen LogP contribution in [0.1, 0.15) is 18.9 Å². The molecule has 0 amide bonds. The van der Waals surface area contributed by atoms with Crippen molar-refractivity contribution in [3.05, 3.63) is 35.6 Å². The average molecular weight is 254 g/mol. The van der Waals surface area contributed by atoms with Crippen molar-refractivity contribution >= 4 is 5.97 Å². The third-order valence-electron chi connectivity index (χ3n) is 2.93. The third kappa shape index (κ3) is 2.68. The van der Waals surface area contributed by atoms with Gasteiger partial charge in [0.25, 0.3) is 0 Å². The van der Waals surface area contributed by atoms with Crippen molar-refractivity contribution in [1.29, 1.82) is 0 Å². The molecule has 1 fully saturated rings. The standard InChI is InChI=1S/C13H15FO4/c1-13(9-3-5-10(14)6-4-9)17-8-11(18-13)7-12(15)16-2/h3-6,11H,7-8H2,1-2H3. The van der Waals surface area contributed by atoms with E-state index in [-0.39, 0.29) is 24.3 Å². The predicted molar refractivity (Wildman–Crippen MR) is 61.2 cm³/mol. The molecule has 0 saturated carbocycles. The van der Waals surface area contributed by atoms with E-state index >= 15 is 0 Å². The number of halogens is 1. The Morgan fingerprint density at radius 1 is 1.50 bits per heavy atom. The van der Waals surface area contributed by atoms with Gasteiger partial charge in [-0.25, -0.2) is 4.39 Å². The molecule has 2 unspecified atom stereocenters. The van der Waals surface area contributed by atoms with E-state index in [1.54, 1.807) is 19.1 Å². The van der Waals surface area contributed by atoms with Crippen LogP contribution in [0.5, 0.6) is 0 Å². The maximum absolute atomic E-state index is 12.9. The van der Waals surface area contributed by atoms with Crippen LogP contribution in [0.25, 0.3) is 0 Å². The fourth-order valence-electron chi connectivity index (χ4n) is 1.91. The number of ether oxygens (including phenoxy) is 3. The Kier molecular flexibility index (Phi) is 3.63. The van der Waals surface area contributed by atoms with Crippen LogP contribution in [0.2, 0.25) is 0 Å². The van der Waals surface area contributed by atoms with Gasteiger partial charge in [0.2, 0.25) is 0 Å². The number of carbonyl (C=O) groups is 1. The number of esters is 1. The molecule has 0 radical (unpaired) electrons. The van der Waals surface area contributed by atoms with E-state index in [1.165, 1.54) is 19.2 Å². The molecule has 0 bridgehead atoms. The van der Waals surface area contributed by atoms with Crippen molar-refractivity contribution in [2.75, 3.05) is 13.7 Å². The molecule has 1 aromatic rings. The van der Waals surface area contributed by atoms with Gasteiger partial charge in [-0.1, -0.05) is 12.1 Å². The van der Waals surface area contributed by atoms with Gasteiger partial charge in [-0.3, -0.25) is 4.79 Å². The highest BCUT2D eigenvalue weighted by atomic mass is 19.1. The Labute approximate surface area is 105 Å². The Balaban J connectivity index is 2.05. The summed E-state index contributed by atoms with van der Waals surface area (Å²) in [5, 5.41) is 0. The van der Waals surface area contributed by atoms with Crippen LogP contribution >= 0.6 is 0 Å². The third-order valence-corrected chi connectivity index (χ3v) is 2.93. The van der Waals surface area contributed by atoms with Crippen molar-refractivity contribution in [2.24, 2.45) is 0 Å². The average Bonchev–Trinajstić information content (AvgIpc) is 2.72. The lowest BCUT2D eigenvalue weighted by atomic mass is 10.1. The van der Waals surface area contributed by atoms with Crippen LogP contribution in [0.4, 0.5) is 4.39 Å². The Hall–Kier alpha value is -1.46. The summed E-state index contributed by atoms with van der Waals surface area (Å²) in [6.45, 7) is 2.06. The van der Waals surface area contributed by atoms with Crippen molar-refractivity contribution in [2.45, 2.75) is 25.2 Å². The summed E-state index contributed by atoms with van der Waals surface area (Å²) in [5.41, 5.74) is 0.719. The number of hydrogen-bond donors (Lipinski definition) is 0. The number of methoxy groups -OCH3 is 1. The molecule has 0 aromatic heterocycles. The van der Waals surface area contributed by atoms with Gasteiger partial charge in [-0.2, -0.15) is 0 Å². The zero-order valence-electron chi connectivity index (χ0n) is 10.3. The molecule has 4 nitrogen and oxygen atoms in total.